The highest BCUT2D eigenvalue weighted by Gasteiger charge is 2.23. The number of aryl methyl sites for hydroxylation is 1. The van der Waals surface area contributed by atoms with E-state index in [1.807, 2.05) is 19.1 Å². The van der Waals surface area contributed by atoms with Crippen molar-refractivity contribution in [3.05, 3.63) is 29.3 Å². The van der Waals surface area contributed by atoms with Crippen molar-refractivity contribution in [2.45, 2.75) is 62.9 Å². The van der Waals surface area contributed by atoms with E-state index in [0.717, 1.165) is 24.1 Å². The number of tetrazole rings is 1. The fourth-order valence-corrected chi connectivity index (χ4v) is 3.78. The van der Waals surface area contributed by atoms with E-state index in [-0.39, 0.29) is 11.2 Å². The molecule has 1 aromatic carbocycles. The van der Waals surface area contributed by atoms with Crippen LogP contribution in [0.25, 0.3) is 5.69 Å². The Morgan fingerprint density at radius 1 is 1.33 bits per heavy atom. The topological polar surface area (TPSA) is 72.7 Å². The molecular weight excluding hydrogens is 322 g/mol. The Morgan fingerprint density at radius 2 is 2.08 bits per heavy atom. The van der Waals surface area contributed by atoms with E-state index < -0.39 is 0 Å². The minimum absolute atomic E-state index is 0.0578. The number of nitrogens with zero attached hydrogens (tertiary/aromatic N) is 4. The average Bonchev–Trinajstić information content (AvgIpc) is 3.22. The summed E-state index contributed by atoms with van der Waals surface area (Å²) in [5, 5.41) is 15.5. The van der Waals surface area contributed by atoms with E-state index in [9.17, 15) is 4.79 Å². The number of carbonyl (C=O) groups excluding carboxylic acids is 1. The number of aromatic nitrogens is 4. The van der Waals surface area contributed by atoms with Crippen LogP contribution in [0.1, 0.15) is 43.7 Å². The quantitative estimate of drug-likeness (QED) is 0.844. The first-order chi connectivity index (χ1) is 11.6. The highest BCUT2D eigenvalue weighted by Crippen LogP contribution is 2.26. The molecule has 2 aromatic rings. The molecule has 1 aromatic heterocycles. The Hall–Kier alpha value is -1.89. The second-order valence-electron chi connectivity index (χ2n) is 6.34. The van der Waals surface area contributed by atoms with E-state index in [1.165, 1.54) is 30.2 Å². The van der Waals surface area contributed by atoms with Crippen LogP contribution in [0.3, 0.4) is 0 Å². The van der Waals surface area contributed by atoms with Gasteiger partial charge < -0.3 is 5.32 Å². The van der Waals surface area contributed by atoms with E-state index in [0.29, 0.717) is 11.2 Å². The van der Waals surface area contributed by atoms with Crippen LogP contribution in [-0.2, 0) is 4.79 Å². The summed E-state index contributed by atoms with van der Waals surface area (Å²) < 4.78 is 1.71. The van der Waals surface area contributed by atoms with E-state index in [2.05, 4.69) is 40.8 Å². The summed E-state index contributed by atoms with van der Waals surface area (Å²) in [4.78, 5) is 12.4. The van der Waals surface area contributed by atoms with Gasteiger partial charge in [-0.05, 0) is 61.2 Å². The maximum atomic E-state index is 12.4. The van der Waals surface area contributed by atoms with Crippen molar-refractivity contribution in [3.8, 4) is 5.69 Å². The zero-order valence-electron chi connectivity index (χ0n) is 14.3. The Morgan fingerprint density at radius 3 is 2.83 bits per heavy atom. The predicted octanol–water partition coefficient (Wildman–Crippen LogP) is 2.82. The largest absolute Gasteiger partial charge is 0.352 e. The van der Waals surface area contributed by atoms with Crippen molar-refractivity contribution < 1.29 is 4.79 Å². The van der Waals surface area contributed by atoms with Gasteiger partial charge in [0, 0.05) is 6.04 Å². The molecule has 1 aliphatic carbocycles. The third-order valence-electron chi connectivity index (χ3n) is 4.60. The number of rotatable bonds is 5. The number of benzene rings is 1. The van der Waals surface area contributed by atoms with E-state index >= 15 is 0 Å². The Labute approximate surface area is 146 Å². The molecule has 1 fully saturated rings. The smallest absolute Gasteiger partial charge is 0.233 e. The number of thioether (sulfide) groups is 1. The summed E-state index contributed by atoms with van der Waals surface area (Å²) in [5.74, 6) is 0.0578. The van der Waals surface area contributed by atoms with Crippen LogP contribution in [0, 0.1) is 13.8 Å². The number of hydrogen-bond acceptors (Lipinski definition) is 5. The first kappa shape index (κ1) is 17.0. The van der Waals surface area contributed by atoms with Crippen LogP contribution in [0.5, 0.6) is 0 Å². The molecular formula is C17H23N5OS. The van der Waals surface area contributed by atoms with Crippen molar-refractivity contribution in [3.63, 3.8) is 0 Å². The van der Waals surface area contributed by atoms with Crippen LogP contribution >= 0.6 is 11.8 Å². The molecule has 1 amide bonds. The van der Waals surface area contributed by atoms with Crippen molar-refractivity contribution in [2.75, 3.05) is 0 Å². The maximum Gasteiger partial charge on any atom is 0.233 e. The molecule has 3 rings (SSSR count). The molecule has 1 aliphatic rings. The first-order valence-electron chi connectivity index (χ1n) is 8.38. The predicted molar refractivity (Wildman–Crippen MR) is 94.3 cm³/mol. The molecule has 1 atom stereocenters. The minimum Gasteiger partial charge on any atom is -0.352 e. The van der Waals surface area contributed by atoms with Gasteiger partial charge in [0.1, 0.15) is 0 Å². The Bertz CT molecular complexity index is 724. The molecule has 24 heavy (non-hydrogen) atoms. The van der Waals surface area contributed by atoms with Crippen molar-refractivity contribution in [1.29, 1.82) is 0 Å². The van der Waals surface area contributed by atoms with Gasteiger partial charge in [-0.15, -0.1) is 5.10 Å². The molecule has 0 spiro atoms. The van der Waals surface area contributed by atoms with Gasteiger partial charge in [-0.1, -0.05) is 36.7 Å². The average molecular weight is 345 g/mol. The molecule has 0 bridgehead atoms. The van der Waals surface area contributed by atoms with Crippen LogP contribution in [0.4, 0.5) is 0 Å². The summed E-state index contributed by atoms with van der Waals surface area (Å²) in [7, 11) is 0. The second kappa shape index (κ2) is 7.34. The lowest BCUT2D eigenvalue weighted by atomic mass is 10.1. The molecule has 1 heterocycles. The number of nitrogens with one attached hydrogen (secondary N) is 1. The summed E-state index contributed by atoms with van der Waals surface area (Å²) in [5.41, 5.74) is 3.27. The summed E-state index contributed by atoms with van der Waals surface area (Å²) in [6, 6.07) is 6.37. The van der Waals surface area contributed by atoms with Gasteiger partial charge in [-0.25, -0.2) is 0 Å². The van der Waals surface area contributed by atoms with Gasteiger partial charge in [0.25, 0.3) is 0 Å². The maximum absolute atomic E-state index is 12.4. The van der Waals surface area contributed by atoms with Crippen LogP contribution in [-0.4, -0.2) is 37.4 Å². The SMILES string of the molecule is Cc1cccc(-n2nnnc2SC(C)C(=O)NC2CCCC2)c1C. The van der Waals surface area contributed by atoms with Crippen LogP contribution in [0.15, 0.2) is 23.4 Å². The summed E-state index contributed by atoms with van der Waals surface area (Å²) in [6.07, 6.45) is 4.58. The van der Waals surface area contributed by atoms with Gasteiger partial charge in [-0.2, -0.15) is 4.68 Å². The van der Waals surface area contributed by atoms with E-state index in [4.69, 9.17) is 0 Å². The molecule has 128 valence electrons. The molecule has 0 saturated heterocycles. The summed E-state index contributed by atoms with van der Waals surface area (Å²) >= 11 is 1.39. The summed E-state index contributed by atoms with van der Waals surface area (Å²) in [6.45, 7) is 6.02. The van der Waals surface area contributed by atoms with Gasteiger partial charge in [0.2, 0.25) is 11.1 Å². The minimum atomic E-state index is -0.236. The van der Waals surface area contributed by atoms with Gasteiger partial charge >= 0.3 is 0 Å². The third-order valence-corrected chi connectivity index (χ3v) is 5.63. The van der Waals surface area contributed by atoms with Crippen LogP contribution in [0.2, 0.25) is 0 Å². The third kappa shape index (κ3) is 3.61. The van der Waals surface area contributed by atoms with Gasteiger partial charge in [0.05, 0.1) is 10.9 Å². The van der Waals surface area contributed by atoms with Gasteiger partial charge in [0.15, 0.2) is 0 Å². The molecule has 0 aliphatic heterocycles. The zero-order valence-corrected chi connectivity index (χ0v) is 15.1. The molecule has 1 saturated carbocycles. The highest BCUT2D eigenvalue weighted by molar-refractivity contribution is 8.00. The van der Waals surface area contributed by atoms with E-state index in [1.54, 1.807) is 4.68 Å². The molecule has 1 unspecified atom stereocenters. The number of hydrogen-bond donors (Lipinski definition) is 1. The number of amides is 1. The molecule has 0 radical (unpaired) electrons. The fourth-order valence-electron chi connectivity index (χ4n) is 2.97. The Kier molecular flexibility index (Phi) is 5.18. The lowest BCUT2D eigenvalue weighted by molar-refractivity contribution is -0.120. The lowest BCUT2D eigenvalue weighted by Gasteiger charge is -2.16. The first-order valence-corrected chi connectivity index (χ1v) is 9.26. The molecule has 1 N–H and O–H groups in total. The number of carbonyl (C=O) groups is 1. The molecule has 7 heteroatoms. The fraction of sp³-hybridized carbons (Fsp3) is 0.529. The monoisotopic (exact) mass is 345 g/mol. The normalized spacial score (nSPS) is 16.3. The Balaban J connectivity index is 1.73. The van der Waals surface area contributed by atoms with Crippen LogP contribution < -0.4 is 5.32 Å². The lowest BCUT2D eigenvalue weighted by Crippen LogP contribution is -2.37. The molecule has 6 nitrogen and oxygen atoms in total. The van der Waals surface area contributed by atoms with Crippen molar-refractivity contribution in [2.24, 2.45) is 0 Å². The second-order valence-corrected chi connectivity index (χ2v) is 7.65. The van der Waals surface area contributed by atoms with Crippen molar-refractivity contribution in [1.82, 2.24) is 25.5 Å². The highest BCUT2D eigenvalue weighted by atomic mass is 32.2. The van der Waals surface area contributed by atoms with Crippen molar-refractivity contribution >= 4 is 17.7 Å². The zero-order chi connectivity index (χ0) is 17.1. The standard InChI is InChI=1S/C17H23N5OS/c1-11-7-6-10-15(12(11)2)22-17(19-20-21-22)24-13(3)16(23)18-14-8-4-5-9-14/h6-7,10,13-14H,4-5,8-9H2,1-3H3,(H,18,23). The van der Waals surface area contributed by atoms with Gasteiger partial charge in [-0.3, -0.25) is 4.79 Å².